The molecule has 1 aromatic rings. The smallest absolute Gasteiger partial charge is 0.310 e. The first kappa shape index (κ1) is 16.7. The summed E-state index contributed by atoms with van der Waals surface area (Å²) in [6.45, 7) is 0.833. The average Bonchev–Trinajstić information content (AvgIpc) is 3.26. The molecule has 7 nitrogen and oxygen atoms in total. The van der Waals surface area contributed by atoms with Gasteiger partial charge in [0.2, 0.25) is 10.0 Å². The molecule has 24 heavy (non-hydrogen) atoms. The number of ether oxygens (including phenoxy) is 1. The van der Waals surface area contributed by atoms with Crippen LogP contribution in [0.3, 0.4) is 0 Å². The standard InChI is InChI=1S/C16H18N2O5S/c1-3-12-11-16(12)6-8-17(9-7-16)24(21,22)13-4-5-14(18(19)20)15(10-13)23-2/h1,4-5,10,12H,6-9,11H2,2H3/t12-/m1/s1. The van der Waals surface area contributed by atoms with Gasteiger partial charge < -0.3 is 4.74 Å². The molecule has 1 aliphatic carbocycles. The molecule has 0 radical (unpaired) electrons. The molecule has 1 atom stereocenters. The number of hydrogen-bond donors (Lipinski definition) is 0. The van der Waals surface area contributed by atoms with Gasteiger partial charge in [-0.15, -0.1) is 12.3 Å². The molecular formula is C16H18N2O5S. The highest BCUT2D eigenvalue weighted by molar-refractivity contribution is 7.89. The second-order valence-electron chi connectivity index (χ2n) is 6.28. The molecular weight excluding hydrogens is 332 g/mol. The van der Waals surface area contributed by atoms with Crippen molar-refractivity contribution < 1.29 is 18.1 Å². The van der Waals surface area contributed by atoms with Gasteiger partial charge in [-0.1, -0.05) is 0 Å². The predicted octanol–water partition coefficient (Wildman–Crippen LogP) is 2.03. The van der Waals surface area contributed by atoms with Gasteiger partial charge in [0, 0.05) is 31.1 Å². The van der Waals surface area contributed by atoms with E-state index >= 15 is 0 Å². The third-order valence-corrected chi connectivity index (χ3v) is 6.99. The Labute approximate surface area is 140 Å². The fraction of sp³-hybridized carbons (Fsp3) is 0.500. The number of benzene rings is 1. The molecule has 1 heterocycles. The normalized spacial score (nSPS) is 22.8. The third-order valence-electron chi connectivity index (χ3n) is 5.09. The zero-order valence-corrected chi connectivity index (χ0v) is 14.1. The highest BCUT2D eigenvalue weighted by Gasteiger charge is 2.55. The highest BCUT2D eigenvalue weighted by Crippen LogP contribution is 2.59. The summed E-state index contributed by atoms with van der Waals surface area (Å²) >= 11 is 0. The molecule has 128 valence electrons. The van der Waals surface area contributed by atoms with Crippen LogP contribution in [0.5, 0.6) is 5.75 Å². The first-order valence-electron chi connectivity index (χ1n) is 7.63. The minimum atomic E-state index is -3.70. The summed E-state index contributed by atoms with van der Waals surface area (Å²) in [5.41, 5.74) is -0.141. The van der Waals surface area contributed by atoms with Crippen molar-refractivity contribution in [2.75, 3.05) is 20.2 Å². The van der Waals surface area contributed by atoms with Crippen LogP contribution in [0.2, 0.25) is 0 Å². The maximum Gasteiger partial charge on any atom is 0.310 e. The van der Waals surface area contributed by atoms with Crippen molar-refractivity contribution in [3.8, 4) is 18.1 Å². The summed E-state index contributed by atoms with van der Waals surface area (Å²) < 4.78 is 31.9. The second-order valence-corrected chi connectivity index (χ2v) is 8.22. The van der Waals surface area contributed by atoms with Crippen LogP contribution in [0.4, 0.5) is 5.69 Å². The molecule has 2 aliphatic rings. The number of hydrogen-bond acceptors (Lipinski definition) is 5. The minimum Gasteiger partial charge on any atom is -0.490 e. The number of rotatable bonds is 4. The third kappa shape index (κ3) is 2.64. The van der Waals surface area contributed by atoms with Crippen molar-refractivity contribution in [3.05, 3.63) is 28.3 Å². The molecule has 0 N–H and O–H groups in total. The molecule has 0 unspecified atom stereocenters. The lowest BCUT2D eigenvalue weighted by Crippen LogP contribution is -2.39. The Morgan fingerprint density at radius 1 is 1.42 bits per heavy atom. The maximum atomic E-state index is 12.8. The Kier molecular flexibility index (Phi) is 4.01. The van der Waals surface area contributed by atoms with Gasteiger partial charge in [-0.3, -0.25) is 10.1 Å². The van der Waals surface area contributed by atoms with Crippen LogP contribution in [0.25, 0.3) is 0 Å². The molecule has 3 rings (SSSR count). The summed E-state index contributed by atoms with van der Waals surface area (Å²) in [7, 11) is -2.43. The summed E-state index contributed by atoms with van der Waals surface area (Å²) in [5, 5.41) is 10.9. The number of nitro groups is 1. The molecule has 1 saturated heterocycles. The van der Waals surface area contributed by atoms with Gasteiger partial charge in [-0.2, -0.15) is 4.31 Å². The molecule has 0 aromatic heterocycles. The van der Waals surface area contributed by atoms with Gasteiger partial charge in [-0.25, -0.2) is 8.42 Å². The molecule has 1 aliphatic heterocycles. The van der Waals surface area contributed by atoms with Crippen LogP contribution >= 0.6 is 0 Å². The monoisotopic (exact) mass is 350 g/mol. The number of sulfonamides is 1. The van der Waals surface area contributed by atoms with E-state index in [9.17, 15) is 18.5 Å². The van der Waals surface area contributed by atoms with E-state index in [1.807, 2.05) is 0 Å². The number of terminal acetylenes is 1. The Hall–Kier alpha value is -2.11. The fourth-order valence-electron chi connectivity index (χ4n) is 3.43. The van der Waals surface area contributed by atoms with Gasteiger partial charge >= 0.3 is 5.69 Å². The fourth-order valence-corrected chi connectivity index (χ4v) is 4.88. The van der Waals surface area contributed by atoms with Crippen molar-refractivity contribution >= 4 is 15.7 Å². The van der Waals surface area contributed by atoms with Crippen LogP contribution in [-0.2, 0) is 10.0 Å². The first-order valence-corrected chi connectivity index (χ1v) is 9.07. The van der Waals surface area contributed by atoms with Crippen molar-refractivity contribution in [2.24, 2.45) is 11.3 Å². The van der Waals surface area contributed by atoms with E-state index in [-0.39, 0.29) is 27.7 Å². The summed E-state index contributed by atoms with van der Waals surface area (Å²) in [4.78, 5) is 10.3. The quantitative estimate of drug-likeness (QED) is 0.471. The Morgan fingerprint density at radius 3 is 2.58 bits per heavy atom. The van der Waals surface area contributed by atoms with E-state index < -0.39 is 14.9 Å². The minimum absolute atomic E-state index is 0.00481. The van der Waals surface area contributed by atoms with Crippen LogP contribution in [0, 0.1) is 33.8 Å². The lowest BCUT2D eigenvalue weighted by atomic mass is 9.92. The van der Waals surface area contributed by atoms with E-state index in [1.54, 1.807) is 0 Å². The molecule has 0 amide bonds. The predicted molar refractivity (Wildman–Crippen MR) is 87.0 cm³/mol. The highest BCUT2D eigenvalue weighted by atomic mass is 32.2. The van der Waals surface area contributed by atoms with Gasteiger partial charge in [0.05, 0.1) is 16.9 Å². The van der Waals surface area contributed by atoms with Gasteiger partial charge in [0.15, 0.2) is 5.75 Å². The molecule has 0 bridgehead atoms. The van der Waals surface area contributed by atoms with Crippen LogP contribution in [0.1, 0.15) is 19.3 Å². The van der Waals surface area contributed by atoms with Crippen molar-refractivity contribution in [3.63, 3.8) is 0 Å². The number of piperidine rings is 1. The van der Waals surface area contributed by atoms with E-state index in [4.69, 9.17) is 11.2 Å². The summed E-state index contributed by atoms with van der Waals surface area (Å²) in [5.74, 6) is 2.97. The van der Waals surface area contributed by atoms with E-state index in [2.05, 4.69) is 5.92 Å². The molecule has 1 aromatic carbocycles. The van der Waals surface area contributed by atoms with Crippen LogP contribution in [0.15, 0.2) is 23.1 Å². The van der Waals surface area contributed by atoms with Gasteiger partial charge in [0.25, 0.3) is 0 Å². The largest absolute Gasteiger partial charge is 0.490 e. The summed E-state index contributed by atoms with van der Waals surface area (Å²) in [6.07, 6.45) is 7.96. The number of nitro benzene ring substituents is 1. The van der Waals surface area contributed by atoms with Gasteiger partial charge in [0.1, 0.15) is 0 Å². The topological polar surface area (TPSA) is 89.8 Å². The molecule has 1 saturated carbocycles. The van der Waals surface area contributed by atoms with Crippen LogP contribution < -0.4 is 4.74 Å². The van der Waals surface area contributed by atoms with Gasteiger partial charge in [-0.05, 0) is 30.7 Å². The maximum absolute atomic E-state index is 12.8. The van der Waals surface area contributed by atoms with Crippen LogP contribution in [-0.4, -0.2) is 37.8 Å². The Bertz CT molecular complexity index is 819. The SMILES string of the molecule is C#C[C@@H]1CC12CCN(S(=O)(=O)c1ccc([N+](=O)[O-])c(OC)c1)CC2. The van der Waals surface area contributed by atoms with E-state index in [1.165, 1.54) is 23.5 Å². The van der Waals surface area contributed by atoms with E-state index in [0.717, 1.165) is 25.3 Å². The van der Waals surface area contributed by atoms with Crippen molar-refractivity contribution in [1.82, 2.24) is 4.31 Å². The Balaban J connectivity index is 1.82. The molecule has 2 fully saturated rings. The Morgan fingerprint density at radius 2 is 2.08 bits per heavy atom. The number of methoxy groups -OCH3 is 1. The van der Waals surface area contributed by atoms with E-state index in [0.29, 0.717) is 13.1 Å². The number of nitrogens with zero attached hydrogens (tertiary/aromatic N) is 2. The molecule has 8 heteroatoms. The second kappa shape index (κ2) is 5.76. The lowest BCUT2D eigenvalue weighted by Gasteiger charge is -2.31. The first-order chi connectivity index (χ1) is 11.3. The average molecular weight is 350 g/mol. The zero-order chi connectivity index (χ0) is 17.5. The van der Waals surface area contributed by atoms with Crippen molar-refractivity contribution in [1.29, 1.82) is 0 Å². The van der Waals surface area contributed by atoms with Crippen molar-refractivity contribution in [2.45, 2.75) is 24.2 Å². The summed E-state index contributed by atoms with van der Waals surface area (Å²) in [6, 6.07) is 3.62. The zero-order valence-electron chi connectivity index (χ0n) is 13.3. The molecule has 1 spiro atoms. The lowest BCUT2D eigenvalue weighted by molar-refractivity contribution is -0.385.